The molecule has 5 rings (SSSR count). The van der Waals surface area contributed by atoms with Crippen molar-refractivity contribution in [3.05, 3.63) is 94.6 Å². The average molecular weight is 476 g/mol. The third kappa shape index (κ3) is 4.12. The number of carbonyl (C=O) groups excluding carboxylic acids is 1. The fourth-order valence-electron chi connectivity index (χ4n) is 4.32. The van der Waals surface area contributed by atoms with Crippen molar-refractivity contribution in [1.29, 1.82) is 5.26 Å². The lowest BCUT2D eigenvalue weighted by atomic mass is 10.0. The normalized spacial score (nSPS) is 11.0. The largest absolute Gasteiger partial charge is 0.319 e. The molecule has 36 heavy (non-hydrogen) atoms. The second-order valence-electron chi connectivity index (χ2n) is 8.81. The number of fused-ring (bicyclic) bond motifs is 1. The summed E-state index contributed by atoms with van der Waals surface area (Å²) in [5, 5.41) is 21.9. The fraction of sp³-hybridized carbons (Fsp3) is 0.179. The Labute approximate surface area is 208 Å². The van der Waals surface area contributed by atoms with Crippen LogP contribution >= 0.6 is 0 Å². The molecule has 0 bridgehead atoms. The van der Waals surface area contributed by atoms with Crippen molar-refractivity contribution < 1.29 is 4.79 Å². The van der Waals surface area contributed by atoms with Crippen molar-refractivity contribution in [2.24, 2.45) is 7.05 Å². The van der Waals surface area contributed by atoms with Gasteiger partial charge < -0.3 is 5.32 Å². The van der Waals surface area contributed by atoms with Gasteiger partial charge in [0.2, 0.25) is 0 Å². The van der Waals surface area contributed by atoms with Crippen LogP contribution in [0.2, 0.25) is 0 Å². The minimum atomic E-state index is -0.222. The molecule has 1 amide bonds. The average Bonchev–Trinajstić information content (AvgIpc) is 3.36. The highest BCUT2D eigenvalue weighted by Gasteiger charge is 2.20. The fourth-order valence-corrected chi connectivity index (χ4v) is 4.32. The smallest absolute Gasteiger partial charge is 0.256 e. The third-order valence-corrected chi connectivity index (χ3v) is 6.51. The second kappa shape index (κ2) is 9.12. The molecule has 5 aromatic rings. The summed E-state index contributed by atoms with van der Waals surface area (Å²) in [5.74, 6) is -0.222. The summed E-state index contributed by atoms with van der Waals surface area (Å²) < 4.78 is 3.66. The number of para-hydroxylation sites is 1. The number of nitrogens with one attached hydrogen (secondary N) is 1. The van der Waals surface area contributed by atoms with Crippen LogP contribution in [0.5, 0.6) is 0 Å². The maximum Gasteiger partial charge on any atom is 0.256 e. The predicted molar refractivity (Wildman–Crippen MR) is 139 cm³/mol. The zero-order valence-electron chi connectivity index (χ0n) is 20.6. The number of rotatable bonds is 5. The summed E-state index contributed by atoms with van der Waals surface area (Å²) in [5.41, 5.74) is 7.76. The molecule has 0 saturated carbocycles. The first kappa shape index (κ1) is 23.0. The predicted octanol–water partition coefficient (Wildman–Crippen LogP) is 4.93. The number of benzene rings is 2. The van der Waals surface area contributed by atoms with Gasteiger partial charge in [0.25, 0.3) is 5.91 Å². The number of nitrogens with zero attached hydrogens (tertiary/aromatic N) is 6. The van der Waals surface area contributed by atoms with E-state index in [4.69, 9.17) is 10.2 Å². The zero-order valence-corrected chi connectivity index (χ0v) is 20.6. The van der Waals surface area contributed by atoms with Gasteiger partial charge in [-0.2, -0.15) is 15.5 Å². The molecular weight excluding hydrogens is 450 g/mol. The van der Waals surface area contributed by atoms with Crippen LogP contribution in [0, 0.1) is 32.1 Å². The number of anilines is 1. The van der Waals surface area contributed by atoms with Crippen LogP contribution in [-0.4, -0.2) is 30.5 Å². The minimum absolute atomic E-state index is 0.222. The van der Waals surface area contributed by atoms with E-state index in [1.807, 2.05) is 75.0 Å². The van der Waals surface area contributed by atoms with Gasteiger partial charge in [-0.15, -0.1) is 0 Å². The zero-order chi connectivity index (χ0) is 25.4. The molecule has 0 fully saturated rings. The Morgan fingerprint density at radius 1 is 1.06 bits per heavy atom. The van der Waals surface area contributed by atoms with E-state index in [-0.39, 0.29) is 5.91 Å². The topological polar surface area (TPSA) is 101 Å². The Morgan fingerprint density at radius 3 is 2.50 bits per heavy atom. The second-order valence-corrected chi connectivity index (χ2v) is 8.81. The van der Waals surface area contributed by atoms with Gasteiger partial charge in [0, 0.05) is 23.7 Å². The first-order valence-corrected chi connectivity index (χ1v) is 11.6. The number of aryl methyl sites for hydroxylation is 2. The lowest BCUT2D eigenvalue weighted by molar-refractivity contribution is 0.102. The van der Waals surface area contributed by atoms with Crippen molar-refractivity contribution in [1.82, 2.24) is 24.5 Å². The Bertz CT molecular complexity index is 1650. The highest BCUT2D eigenvalue weighted by molar-refractivity contribution is 6.13. The molecule has 2 aromatic carbocycles. The summed E-state index contributed by atoms with van der Waals surface area (Å²) in [6.45, 7) is 6.34. The van der Waals surface area contributed by atoms with Crippen molar-refractivity contribution in [2.75, 3.05) is 5.32 Å². The molecule has 3 heterocycles. The highest BCUT2D eigenvalue weighted by atomic mass is 16.1. The van der Waals surface area contributed by atoms with E-state index in [9.17, 15) is 4.79 Å². The SMILES string of the molecule is Cc1nn(Cc2ccc(C#N)cc2)c(C)c1NC(=O)c1cc(-c2cnn(C)c2C)nc2ccccc12. The summed E-state index contributed by atoms with van der Waals surface area (Å²) in [4.78, 5) is 18.4. The number of carbonyl (C=O) groups is 1. The van der Waals surface area contributed by atoms with Gasteiger partial charge in [0.1, 0.15) is 0 Å². The molecule has 0 atom stereocenters. The van der Waals surface area contributed by atoms with Crippen molar-refractivity contribution in [3.8, 4) is 17.3 Å². The van der Waals surface area contributed by atoms with Crippen LogP contribution in [0.1, 0.15) is 38.6 Å². The van der Waals surface area contributed by atoms with E-state index >= 15 is 0 Å². The van der Waals surface area contributed by atoms with Crippen LogP contribution in [0.15, 0.2) is 60.8 Å². The van der Waals surface area contributed by atoms with E-state index < -0.39 is 0 Å². The number of hydrogen-bond acceptors (Lipinski definition) is 5. The molecule has 0 aliphatic rings. The van der Waals surface area contributed by atoms with Gasteiger partial charge in [-0.3, -0.25) is 14.2 Å². The Balaban J connectivity index is 1.49. The highest BCUT2D eigenvalue weighted by Crippen LogP contribution is 2.28. The van der Waals surface area contributed by atoms with Crippen molar-refractivity contribution >= 4 is 22.5 Å². The van der Waals surface area contributed by atoms with E-state index in [1.54, 1.807) is 23.0 Å². The number of pyridine rings is 1. The monoisotopic (exact) mass is 475 g/mol. The standard InChI is InChI=1S/C28H25N7O/c1-17-27(19(3)35(33-17)16-21-11-9-20(14-29)10-12-21)32-28(36)23-13-26(24-15-30-34(4)18(24)2)31-25-8-6-5-7-22(23)25/h5-13,15H,16H2,1-4H3,(H,32,36). The van der Waals surface area contributed by atoms with E-state index in [2.05, 4.69) is 21.6 Å². The number of aromatic nitrogens is 5. The molecule has 0 spiro atoms. The summed E-state index contributed by atoms with van der Waals surface area (Å²) in [6, 6.07) is 19.0. The molecule has 8 nitrogen and oxygen atoms in total. The van der Waals surface area contributed by atoms with Gasteiger partial charge in [-0.05, 0) is 50.6 Å². The molecule has 0 radical (unpaired) electrons. The van der Waals surface area contributed by atoms with Crippen LogP contribution < -0.4 is 5.32 Å². The first-order valence-electron chi connectivity index (χ1n) is 11.6. The summed E-state index contributed by atoms with van der Waals surface area (Å²) in [7, 11) is 1.88. The van der Waals surface area contributed by atoms with Gasteiger partial charge >= 0.3 is 0 Å². The molecule has 0 saturated heterocycles. The van der Waals surface area contributed by atoms with Crippen LogP contribution in [0.25, 0.3) is 22.2 Å². The molecule has 1 N–H and O–H groups in total. The molecule has 8 heteroatoms. The summed E-state index contributed by atoms with van der Waals surface area (Å²) >= 11 is 0. The van der Waals surface area contributed by atoms with Crippen LogP contribution in [0.3, 0.4) is 0 Å². The number of amides is 1. The molecule has 178 valence electrons. The number of nitriles is 1. The molecule has 0 aliphatic heterocycles. The molecule has 3 aromatic heterocycles. The maximum atomic E-state index is 13.6. The third-order valence-electron chi connectivity index (χ3n) is 6.51. The quantitative estimate of drug-likeness (QED) is 0.388. The van der Waals surface area contributed by atoms with Gasteiger partial charge in [-0.25, -0.2) is 4.98 Å². The summed E-state index contributed by atoms with van der Waals surface area (Å²) in [6.07, 6.45) is 1.77. The molecule has 0 aliphatic carbocycles. The van der Waals surface area contributed by atoms with E-state index in [1.165, 1.54) is 0 Å². The molecular formula is C28H25N7O. The van der Waals surface area contributed by atoms with Gasteiger partial charge in [0.15, 0.2) is 0 Å². The van der Waals surface area contributed by atoms with E-state index in [0.29, 0.717) is 29.1 Å². The maximum absolute atomic E-state index is 13.6. The van der Waals surface area contributed by atoms with E-state index in [0.717, 1.165) is 39.1 Å². The van der Waals surface area contributed by atoms with Crippen molar-refractivity contribution in [2.45, 2.75) is 27.3 Å². The Morgan fingerprint density at radius 2 is 1.81 bits per heavy atom. The molecule has 0 unspecified atom stereocenters. The Hall–Kier alpha value is -4.77. The van der Waals surface area contributed by atoms with Crippen LogP contribution in [-0.2, 0) is 13.6 Å². The first-order chi connectivity index (χ1) is 17.4. The Kier molecular flexibility index (Phi) is 5.82. The number of hydrogen-bond donors (Lipinski definition) is 1. The minimum Gasteiger partial charge on any atom is -0.319 e. The van der Waals surface area contributed by atoms with Crippen molar-refractivity contribution in [3.63, 3.8) is 0 Å². The lowest BCUT2D eigenvalue weighted by Gasteiger charge is -2.11. The van der Waals surface area contributed by atoms with Gasteiger partial charge in [0.05, 0.1) is 58.2 Å². The van der Waals surface area contributed by atoms with Gasteiger partial charge in [-0.1, -0.05) is 30.3 Å². The van der Waals surface area contributed by atoms with Crippen LogP contribution in [0.4, 0.5) is 5.69 Å². The lowest BCUT2D eigenvalue weighted by Crippen LogP contribution is -2.14.